The lowest BCUT2D eigenvalue weighted by atomic mass is 10.1. The highest BCUT2D eigenvalue weighted by molar-refractivity contribution is 7.13. The van der Waals surface area contributed by atoms with Crippen LogP contribution in [0.2, 0.25) is 0 Å². The van der Waals surface area contributed by atoms with Crippen LogP contribution in [0.1, 0.15) is 15.9 Å². The van der Waals surface area contributed by atoms with Gasteiger partial charge in [-0.2, -0.15) is 0 Å². The molecular weight excluding hydrogens is 274 g/mol. The van der Waals surface area contributed by atoms with Gasteiger partial charge in [0, 0.05) is 0 Å². The van der Waals surface area contributed by atoms with E-state index in [4.69, 9.17) is 5.11 Å². The predicted octanol–water partition coefficient (Wildman–Crippen LogP) is 2.75. The van der Waals surface area contributed by atoms with E-state index in [1.54, 1.807) is 40.4 Å². The Morgan fingerprint density at radius 1 is 1.30 bits per heavy atom. The van der Waals surface area contributed by atoms with Gasteiger partial charge in [-0.15, -0.1) is 16.4 Å². The molecule has 0 saturated heterocycles. The van der Waals surface area contributed by atoms with Crippen LogP contribution in [-0.4, -0.2) is 26.1 Å². The van der Waals surface area contributed by atoms with Crippen molar-refractivity contribution in [3.8, 4) is 10.6 Å². The van der Waals surface area contributed by atoms with Crippen molar-refractivity contribution in [2.75, 3.05) is 0 Å². The molecule has 0 atom stereocenters. The number of hydrogen-bond acceptors (Lipinski definition) is 4. The number of aromatic nitrogens is 3. The van der Waals surface area contributed by atoms with Gasteiger partial charge in [0.2, 0.25) is 0 Å². The van der Waals surface area contributed by atoms with Crippen LogP contribution >= 0.6 is 11.3 Å². The average Bonchev–Trinajstić information content (AvgIpc) is 3.09. The van der Waals surface area contributed by atoms with E-state index in [2.05, 4.69) is 10.3 Å². The molecule has 3 rings (SSSR count). The second-order valence-corrected chi connectivity index (χ2v) is 5.21. The van der Waals surface area contributed by atoms with Gasteiger partial charge in [-0.1, -0.05) is 23.4 Å². The molecule has 0 saturated carbocycles. The van der Waals surface area contributed by atoms with Gasteiger partial charge in [0.05, 0.1) is 28.9 Å². The molecule has 0 radical (unpaired) electrons. The van der Waals surface area contributed by atoms with Crippen LogP contribution in [0.3, 0.4) is 0 Å². The van der Waals surface area contributed by atoms with E-state index in [9.17, 15) is 4.79 Å². The number of carboxylic acid groups (broad SMARTS) is 1. The first-order valence-corrected chi connectivity index (χ1v) is 6.86. The van der Waals surface area contributed by atoms with Crippen LogP contribution in [0.4, 0.5) is 0 Å². The molecular formula is C14H11N3O2S. The molecule has 3 aromatic rings. The van der Waals surface area contributed by atoms with Crippen LogP contribution in [0, 0.1) is 0 Å². The molecule has 6 heteroatoms. The fourth-order valence-electron chi connectivity index (χ4n) is 1.97. The van der Waals surface area contributed by atoms with Crippen molar-refractivity contribution >= 4 is 17.3 Å². The quantitative estimate of drug-likeness (QED) is 0.800. The van der Waals surface area contributed by atoms with Crippen molar-refractivity contribution in [2.24, 2.45) is 0 Å². The van der Waals surface area contributed by atoms with E-state index in [0.29, 0.717) is 6.54 Å². The third-order valence-electron chi connectivity index (χ3n) is 2.90. The Balaban J connectivity index is 1.91. The molecule has 1 N–H and O–H groups in total. The van der Waals surface area contributed by atoms with E-state index in [1.165, 1.54) is 0 Å². The van der Waals surface area contributed by atoms with E-state index < -0.39 is 5.97 Å². The lowest BCUT2D eigenvalue weighted by Crippen LogP contribution is -2.05. The Kier molecular flexibility index (Phi) is 3.30. The molecule has 20 heavy (non-hydrogen) atoms. The molecule has 5 nitrogen and oxygen atoms in total. The van der Waals surface area contributed by atoms with Gasteiger partial charge in [-0.3, -0.25) is 0 Å². The van der Waals surface area contributed by atoms with Crippen molar-refractivity contribution in [3.05, 3.63) is 59.1 Å². The van der Waals surface area contributed by atoms with Crippen LogP contribution in [0.15, 0.2) is 48.0 Å². The maximum atomic E-state index is 11.0. The van der Waals surface area contributed by atoms with Crippen LogP contribution in [0.5, 0.6) is 0 Å². The average molecular weight is 285 g/mol. The number of thiophene rings is 1. The van der Waals surface area contributed by atoms with Gasteiger partial charge in [0.1, 0.15) is 0 Å². The lowest BCUT2D eigenvalue weighted by Gasteiger charge is -2.05. The minimum absolute atomic E-state index is 0.278. The Morgan fingerprint density at radius 2 is 2.20 bits per heavy atom. The number of benzene rings is 1. The summed E-state index contributed by atoms with van der Waals surface area (Å²) >= 11 is 1.62. The minimum Gasteiger partial charge on any atom is -0.478 e. The Morgan fingerprint density at radius 3 is 2.95 bits per heavy atom. The van der Waals surface area contributed by atoms with E-state index in [-0.39, 0.29) is 5.56 Å². The number of carboxylic acids is 1. The molecule has 0 bridgehead atoms. The van der Waals surface area contributed by atoms with Crippen LogP contribution < -0.4 is 0 Å². The molecule has 1 aromatic carbocycles. The Labute approximate surface area is 119 Å². The second-order valence-electron chi connectivity index (χ2n) is 4.26. The Hall–Kier alpha value is -2.47. The van der Waals surface area contributed by atoms with Crippen LogP contribution in [0.25, 0.3) is 10.6 Å². The highest BCUT2D eigenvalue weighted by atomic mass is 32.1. The molecule has 0 aliphatic rings. The summed E-state index contributed by atoms with van der Waals surface area (Å²) in [6.45, 7) is 0.494. The van der Waals surface area contributed by atoms with Crippen molar-refractivity contribution < 1.29 is 9.90 Å². The first-order valence-electron chi connectivity index (χ1n) is 5.98. The zero-order chi connectivity index (χ0) is 13.9. The first kappa shape index (κ1) is 12.6. The third kappa shape index (κ3) is 2.46. The van der Waals surface area contributed by atoms with Gasteiger partial charge in [-0.05, 0) is 29.1 Å². The topological polar surface area (TPSA) is 68.0 Å². The highest BCUT2D eigenvalue weighted by Crippen LogP contribution is 2.24. The monoisotopic (exact) mass is 285 g/mol. The standard InChI is InChI=1S/C14H11N3O2S/c18-14(19)11-4-1-3-10(7-11)9-17-12(8-15-16-17)13-5-2-6-20-13/h1-8H,9H2,(H,18,19). The number of aromatic carboxylic acids is 1. The van der Waals surface area contributed by atoms with E-state index in [0.717, 1.165) is 16.1 Å². The molecule has 0 aliphatic carbocycles. The molecule has 0 unspecified atom stereocenters. The van der Waals surface area contributed by atoms with Gasteiger partial charge in [0.25, 0.3) is 0 Å². The van der Waals surface area contributed by atoms with E-state index in [1.807, 2.05) is 23.6 Å². The smallest absolute Gasteiger partial charge is 0.335 e. The number of carbonyl (C=O) groups is 1. The summed E-state index contributed by atoms with van der Waals surface area (Å²) in [6.07, 6.45) is 1.72. The minimum atomic E-state index is -0.927. The van der Waals surface area contributed by atoms with Crippen LogP contribution in [-0.2, 0) is 6.54 Å². The zero-order valence-corrected chi connectivity index (χ0v) is 11.2. The predicted molar refractivity (Wildman–Crippen MR) is 75.8 cm³/mol. The summed E-state index contributed by atoms with van der Waals surface area (Å²) in [5.41, 5.74) is 2.09. The fourth-order valence-corrected chi connectivity index (χ4v) is 2.70. The molecule has 2 heterocycles. The molecule has 100 valence electrons. The summed E-state index contributed by atoms with van der Waals surface area (Å²) < 4.78 is 1.77. The maximum absolute atomic E-state index is 11.0. The molecule has 0 fully saturated rings. The first-order chi connectivity index (χ1) is 9.74. The summed E-state index contributed by atoms with van der Waals surface area (Å²) in [7, 11) is 0. The summed E-state index contributed by atoms with van der Waals surface area (Å²) in [5, 5.41) is 19.0. The summed E-state index contributed by atoms with van der Waals surface area (Å²) in [4.78, 5) is 12.1. The van der Waals surface area contributed by atoms with Gasteiger partial charge in [-0.25, -0.2) is 9.48 Å². The lowest BCUT2D eigenvalue weighted by molar-refractivity contribution is 0.0696. The largest absolute Gasteiger partial charge is 0.478 e. The normalized spacial score (nSPS) is 10.6. The molecule has 0 aliphatic heterocycles. The van der Waals surface area contributed by atoms with Crippen molar-refractivity contribution in [1.29, 1.82) is 0 Å². The van der Waals surface area contributed by atoms with Crippen molar-refractivity contribution in [3.63, 3.8) is 0 Å². The third-order valence-corrected chi connectivity index (χ3v) is 3.79. The number of nitrogens with zero attached hydrogens (tertiary/aromatic N) is 3. The zero-order valence-electron chi connectivity index (χ0n) is 10.4. The van der Waals surface area contributed by atoms with Gasteiger partial charge < -0.3 is 5.11 Å². The SMILES string of the molecule is O=C(O)c1cccc(Cn2nncc2-c2cccs2)c1. The maximum Gasteiger partial charge on any atom is 0.335 e. The highest BCUT2D eigenvalue weighted by Gasteiger charge is 2.09. The van der Waals surface area contributed by atoms with Crippen molar-refractivity contribution in [1.82, 2.24) is 15.0 Å². The summed E-state index contributed by atoms with van der Waals surface area (Å²) in [5.74, 6) is -0.927. The fraction of sp³-hybridized carbons (Fsp3) is 0.0714. The van der Waals surface area contributed by atoms with E-state index >= 15 is 0 Å². The van der Waals surface area contributed by atoms with Crippen molar-refractivity contribution in [2.45, 2.75) is 6.54 Å². The molecule has 2 aromatic heterocycles. The van der Waals surface area contributed by atoms with Gasteiger partial charge >= 0.3 is 5.97 Å². The molecule has 0 amide bonds. The number of hydrogen-bond donors (Lipinski definition) is 1. The van der Waals surface area contributed by atoms with Gasteiger partial charge in [0.15, 0.2) is 0 Å². The second kappa shape index (κ2) is 5.26. The molecule has 0 spiro atoms. The summed E-state index contributed by atoms with van der Waals surface area (Å²) in [6, 6.07) is 10.8. The number of rotatable bonds is 4. The Bertz CT molecular complexity index is 734.